The van der Waals surface area contributed by atoms with Crippen molar-refractivity contribution in [2.75, 3.05) is 0 Å². The van der Waals surface area contributed by atoms with Crippen molar-refractivity contribution in [2.24, 2.45) is 0 Å². The molecule has 0 aliphatic carbocycles. The number of halogens is 2. The van der Waals surface area contributed by atoms with E-state index in [4.69, 9.17) is 0 Å². The number of nitrogens with zero attached hydrogens (tertiary/aromatic N) is 2. The molecule has 3 nitrogen and oxygen atoms in total. The van der Waals surface area contributed by atoms with E-state index in [-0.39, 0.29) is 5.82 Å². The van der Waals surface area contributed by atoms with Crippen molar-refractivity contribution in [3.63, 3.8) is 0 Å². The molecule has 1 N–H and O–H groups in total. The zero-order valence-corrected chi connectivity index (χ0v) is 13.8. The molecule has 1 heterocycles. The minimum Gasteiger partial charge on any atom is -0.388 e. The van der Waals surface area contributed by atoms with Gasteiger partial charge in [-0.1, -0.05) is 13.0 Å². The SMILES string of the molecule is CCc1cc(CC(O)c2ccc(F)cc2I)n(CC)n1. The molecule has 20 heavy (non-hydrogen) atoms. The Bertz CT molecular complexity index is 598. The fraction of sp³-hybridized carbons (Fsp3) is 0.400. The Morgan fingerprint density at radius 2 is 2.10 bits per heavy atom. The zero-order valence-electron chi connectivity index (χ0n) is 11.6. The average molecular weight is 388 g/mol. The van der Waals surface area contributed by atoms with Crippen LogP contribution >= 0.6 is 22.6 Å². The molecule has 0 amide bonds. The van der Waals surface area contributed by atoms with E-state index in [1.807, 2.05) is 17.7 Å². The van der Waals surface area contributed by atoms with Crippen LogP contribution in [0.1, 0.15) is 36.9 Å². The molecule has 0 saturated heterocycles. The number of aryl methyl sites for hydroxylation is 2. The van der Waals surface area contributed by atoms with Crippen molar-refractivity contribution >= 4 is 22.6 Å². The second-order valence-corrected chi connectivity index (χ2v) is 5.84. The van der Waals surface area contributed by atoms with Crippen LogP contribution in [0.15, 0.2) is 24.3 Å². The van der Waals surface area contributed by atoms with Crippen LogP contribution in [0.5, 0.6) is 0 Å². The molecular weight excluding hydrogens is 370 g/mol. The third kappa shape index (κ3) is 3.38. The molecule has 2 aromatic rings. The first-order valence-electron chi connectivity index (χ1n) is 6.73. The molecule has 0 radical (unpaired) electrons. The summed E-state index contributed by atoms with van der Waals surface area (Å²) in [6.45, 7) is 4.87. The summed E-state index contributed by atoms with van der Waals surface area (Å²) in [6.07, 6.45) is 0.723. The molecule has 0 saturated carbocycles. The van der Waals surface area contributed by atoms with Crippen molar-refractivity contribution in [1.29, 1.82) is 0 Å². The molecule has 0 aliphatic rings. The first-order chi connectivity index (χ1) is 9.55. The highest BCUT2D eigenvalue weighted by molar-refractivity contribution is 14.1. The smallest absolute Gasteiger partial charge is 0.124 e. The topological polar surface area (TPSA) is 38.0 Å². The van der Waals surface area contributed by atoms with Gasteiger partial charge in [0.25, 0.3) is 0 Å². The van der Waals surface area contributed by atoms with Gasteiger partial charge in [0.15, 0.2) is 0 Å². The lowest BCUT2D eigenvalue weighted by Gasteiger charge is -2.13. The maximum Gasteiger partial charge on any atom is 0.124 e. The Hall–Kier alpha value is -0.950. The summed E-state index contributed by atoms with van der Waals surface area (Å²) in [6, 6.07) is 6.50. The monoisotopic (exact) mass is 388 g/mol. The standard InChI is InChI=1S/C15H18FIN2O/c1-3-11-8-12(19(4-2)18-11)9-15(20)13-6-5-10(16)7-14(13)17/h5-8,15,20H,3-4,9H2,1-2H3. The van der Waals surface area contributed by atoms with Crippen molar-refractivity contribution in [1.82, 2.24) is 9.78 Å². The van der Waals surface area contributed by atoms with Gasteiger partial charge in [0.05, 0.1) is 11.8 Å². The molecule has 1 atom stereocenters. The van der Waals surface area contributed by atoms with E-state index < -0.39 is 6.10 Å². The molecule has 1 unspecified atom stereocenters. The lowest BCUT2D eigenvalue weighted by molar-refractivity contribution is 0.174. The van der Waals surface area contributed by atoms with Crippen LogP contribution in [-0.2, 0) is 19.4 Å². The summed E-state index contributed by atoms with van der Waals surface area (Å²) in [5, 5.41) is 14.9. The van der Waals surface area contributed by atoms with Gasteiger partial charge in [0, 0.05) is 22.2 Å². The average Bonchev–Trinajstić information content (AvgIpc) is 2.80. The van der Waals surface area contributed by atoms with Gasteiger partial charge >= 0.3 is 0 Å². The Morgan fingerprint density at radius 1 is 1.35 bits per heavy atom. The van der Waals surface area contributed by atoms with E-state index in [0.717, 1.165) is 33.5 Å². The van der Waals surface area contributed by atoms with Crippen LogP contribution in [0.4, 0.5) is 4.39 Å². The number of hydrogen-bond donors (Lipinski definition) is 1. The summed E-state index contributed by atoms with van der Waals surface area (Å²) in [4.78, 5) is 0. The first kappa shape index (κ1) is 15.4. The summed E-state index contributed by atoms with van der Waals surface area (Å²) >= 11 is 2.05. The number of aliphatic hydroxyl groups excluding tert-OH is 1. The van der Waals surface area contributed by atoms with Crippen LogP contribution in [-0.4, -0.2) is 14.9 Å². The van der Waals surface area contributed by atoms with Gasteiger partial charge in [-0.25, -0.2) is 4.39 Å². The summed E-state index contributed by atoms with van der Waals surface area (Å²) in [7, 11) is 0. The van der Waals surface area contributed by atoms with Gasteiger partial charge in [-0.15, -0.1) is 0 Å². The summed E-state index contributed by atoms with van der Waals surface area (Å²) in [5.74, 6) is -0.280. The van der Waals surface area contributed by atoms with E-state index >= 15 is 0 Å². The number of hydrogen-bond acceptors (Lipinski definition) is 2. The van der Waals surface area contributed by atoms with Crippen molar-refractivity contribution in [3.05, 3.63) is 50.6 Å². The third-order valence-corrected chi connectivity index (χ3v) is 4.23. The highest BCUT2D eigenvalue weighted by Gasteiger charge is 2.16. The second kappa shape index (κ2) is 6.67. The highest BCUT2D eigenvalue weighted by Crippen LogP contribution is 2.24. The van der Waals surface area contributed by atoms with Gasteiger partial charge in [-0.3, -0.25) is 4.68 Å². The molecule has 0 spiro atoms. The van der Waals surface area contributed by atoms with Gasteiger partial charge < -0.3 is 5.11 Å². The largest absolute Gasteiger partial charge is 0.388 e. The predicted octanol–water partition coefficient (Wildman–Crippen LogP) is 3.49. The fourth-order valence-electron chi connectivity index (χ4n) is 2.21. The van der Waals surface area contributed by atoms with Crippen LogP contribution in [0.3, 0.4) is 0 Å². The van der Waals surface area contributed by atoms with Crippen LogP contribution < -0.4 is 0 Å². The van der Waals surface area contributed by atoms with Crippen LogP contribution in [0.2, 0.25) is 0 Å². The highest BCUT2D eigenvalue weighted by atomic mass is 127. The molecular formula is C15H18FIN2O. The molecule has 108 valence electrons. The fourth-order valence-corrected chi connectivity index (χ4v) is 3.04. The molecule has 0 aliphatic heterocycles. The Kier molecular flexibility index (Phi) is 5.15. The zero-order chi connectivity index (χ0) is 14.7. The quantitative estimate of drug-likeness (QED) is 0.797. The van der Waals surface area contributed by atoms with Crippen molar-refractivity contribution < 1.29 is 9.50 Å². The van der Waals surface area contributed by atoms with E-state index in [1.54, 1.807) is 6.07 Å². The minimum absolute atomic E-state index is 0.280. The molecule has 1 aromatic carbocycles. The maximum absolute atomic E-state index is 13.1. The lowest BCUT2D eigenvalue weighted by Crippen LogP contribution is -2.09. The van der Waals surface area contributed by atoms with E-state index in [9.17, 15) is 9.50 Å². The van der Waals surface area contributed by atoms with E-state index in [2.05, 4.69) is 34.6 Å². The minimum atomic E-state index is -0.644. The molecule has 5 heteroatoms. The van der Waals surface area contributed by atoms with Crippen LogP contribution in [0, 0.1) is 9.39 Å². The van der Waals surface area contributed by atoms with Crippen LogP contribution in [0.25, 0.3) is 0 Å². The Balaban J connectivity index is 2.22. The van der Waals surface area contributed by atoms with E-state index in [1.165, 1.54) is 12.1 Å². The Labute approximate surface area is 132 Å². The van der Waals surface area contributed by atoms with Gasteiger partial charge in [-0.2, -0.15) is 5.10 Å². The normalized spacial score (nSPS) is 12.7. The number of aromatic nitrogens is 2. The number of aliphatic hydroxyl groups is 1. The predicted molar refractivity (Wildman–Crippen MR) is 85.1 cm³/mol. The summed E-state index contributed by atoms with van der Waals surface area (Å²) in [5.41, 5.74) is 2.80. The number of rotatable bonds is 5. The third-order valence-electron chi connectivity index (χ3n) is 3.30. The second-order valence-electron chi connectivity index (χ2n) is 4.68. The molecule has 2 rings (SSSR count). The molecule has 0 bridgehead atoms. The van der Waals surface area contributed by atoms with Crippen molar-refractivity contribution in [2.45, 2.75) is 39.3 Å². The van der Waals surface area contributed by atoms with Gasteiger partial charge in [-0.05, 0) is 59.7 Å². The molecule has 1 aromatic heterocycles. The van der Waals surface area contributed by atoms with Gasteiger partial charge in [0.2, 0.25) is 0 Å². The first-order valence-corrected chi connectivity index (χ1v) is 7.81. The summed E-state index contributed by atoms with van der Waals surface area (Å²) < 4.78 is 15.8. The van der Waals surface area contributed by atoms with E-state index in [0.29, 0.717) is 6.42 Å². The van der Waals surface area contributed by atoms with Gasteiger partial charge in [0.1, 0.15) is 5.82 Å². The van der Waals surface area contributed by atoms with Crippen molar-refractivity contribution in [3.8, 4) is 0 Å². The lowest BCUT2D eigenvalue weighted by atomic mass is 10.0. The Morgan fingerprint density at radius 3 is 2.70 bits per heavy atom. The number of benzene rings is 1. The maximum atomic E-state index is 13.1. The molecule has 0 fully saturated rings.